The predicted molar refractivity (Wildman–Crippen MR) is 136 cm³/mol. The zero-order valence-corrected chi connectivity index (χ0v) is 16.6. The van der Waals surface area contributed by atoms with E-state index in [2.05, 4.69) is 5.32 Å². The number of nitrogens with one attached hydrogen (secondary N) is 1. The van der Waals surface area contributed by atoms with Gasteiger partial charge in [0.25, 0.3) is 0 Å². The van der Waals surface area contributed by atoms with E-state index in [4.69, 9.17) is 17.8 Å². The molecule has 2 nitrogen and oxygen atoms in total. The van der Waals surface area contributed by atoms with Crippen molar-refractivity contribution in [3.8, 4) is 16.8 Å². The molecule has 1 heterocycles. The molecule has 0 aliphatic rings. The highest BCUT2D eigenvalue weighted by molar-refractivity contribution is 6.09. The van der Waals surface area contributed by atoms with E-state index in [1.165, 1.54) is 4.57 Å². The summed E-state index contributed by atoms with van der Waals surface area (Å²) in [6.07, 6.45) is 0. The molecule has 1 N–H and O–H groups in total. The quantitative estimate of drug-likeness (QED) is 0.302. The van der Waals surface area contributed by atoms with Crippen LogP contribution in [0.1, 0.15) is 17.8 Å². The Balaban J connectivity index is 1.61. The van der Waals surface area contributed by atoms with E-state index in [-0.39, 0.29) is 39.5 Å². The summed E-state index contributed by atoms with van der Waals surface area (Å²) < 4.78 is 110. The molecular weight excluding hydrogens is 388 g/mol. The molecule has 152 valence electrons. The van der Waals surface area contributed by atoms with E-state index in [9.17, 15) is 0 Å². The molecule has 0 radical (unpaired) electrons. The third-order valence-electron chi connectivity index (χ3n) is 5.11. The fourth-order valence-corrected chi connectivity index (χ4v) is 3.75. The lowest BCUT2D eigenvalue weighted by Gasteiger charge is -2.14. The van der Waals surface area contributed by atoms with Crippen molar-refractivity contribution in [3.05, 3.63) is 127 Å². The molecule has 0 bridgehead atoms. The van der Waals surface area contributed by atoms with Crippen molar-refractivity contribution in [2.45, 2.75) is 0 Å². The van der Waals surface area contributed by atoms with Gasteiger partial charge in [0.15, 0.2) is 0 Å². The first-order valence-electron chi connectivity index (χ1n) is 16.3. The van der Waals surface area contributed by atoms with Gasteiger partial charge in [-0.1, -0.05) is 90.7 Å². The van der Waals surface area contributed by atoms with E-state index in [0.717, 1.165) is 0 Å². The van der Waals surface area contributed by atoms with Crippen LogP contribution in [0.5, 0.6) is 0 Å². The van der Waals surface area contributed by atoms with Crippen molar-refractivity contribution in [1.82, 2.24) is 4.57 Å². The van der Waals surface area contributed by atoms with Gasteiger partial charge in [-0.15, -0.1) is 0 Å². The minimum atomic E-state index is -0.529. The molecule has 0 spiro atoms. The maximum Gasteiger partial charge on any atom is 0.0645 e. The molecule has 5 aromatic carbocycles. The number of nitrogens with zero attached hydrogens (tertiary/aromatic N) is 1. The SMILES string of the molecule is [2H]c1c([2H])c([2H])c(-c2ccccc2Nc2cccc(-n3c4c([2H])c([2H])c([2H])c([2H])c4c4c([2H])c([2H])c([2H])c([2H])c43)c2)c([2H])c1[2H]. The van der Waals surface area contributed by atoms with Crippen LogP contribution >= 0.6 is 0 Å². The Morgan fingerprint density at radius 3 is 2.03 bits per heavy atom. The summed E-state index contributed by atoms with van der Waals surface area (Å²) in [5, 5.41) is 3.15. The van der Waals surface area contributed by atoms with Crippen LogP contribution in [0.25, 0.3) is 38.6 Å². The third kappa shape index (κ3) is 3.14. The van der Waals surface area contributed by atoms with Crippen molar-refractivity contribution >= 4 is 33.2 Å². The second-order valence-corrected chi connectivity index (χ2v) is 7.00. The van der Waals surface area contributed by atoms with E-state index >= 15 is 0 Å². The van der Waals surface area contributed by atoms with Gasteiger partial charge in [-0.2, -0.15) is 0 Å². The number of hydrogen-bond acceptors (Lipinski definition) is 1. The molecule has 0 aliphatic carbocycles. The second-order valence-electron chi connectivity index (χ2n) is 7.00. The molecule has 0 amide bonds. The van der Waals surface area contributed by atoms with Gasteiger partial charge in [0.1, 0.15) is 0 Å². The number of hydrogen-bond donors (Lipinski definition) is 1. The summed E-state index contributed by atoms with van der Waals surface area (Å²) in [5.41, 5.74) is 1.52. The van der Waals surface area contributed by atoms with Gasteiger partial charge in [0.05, 0.1) is 28.9 Å². The Labute approximate surface area is 205 Å². The maximum atomic E-state index is 8.72. The summed E-state index contributed by atoms with van der Waals surface area (Å²) in [6.45, 7) is 0. The van der Waals surface area contributed by atoms with Crippen LogP contribution in [0.4, 0.5) is 11.4 Å². The van der Waals surface area contributed by atoms with Gasteiger partial charge in [-0.25, -0.2) is 0 Å². The monoisotopic (exact) mass is 423 g/mol. The highest BCUT2D eigenvalue weighted by Crippen LogP contribution is 2.34. The van der Waals surface area contributed by atoms with Crippen LogP contribution < -0.4 is 5.32 Å². The molecule has 6 rings (SSSR count). The van der Waals surface area contributed by atoms with Crippen LogP contribution in [0.2, 0.25) is 0 Å². The summed E-state index contributed by atoms with van der Waals surface area (Å²) >= 11 is 0. The number of benzene rings is 5. The van der Waals surface area contributed by atoms with E-state index in [1.807, 2.05) is 0 Å². The van der Waals surface area contributed by atoms with E-state index in [1.54, 1.807) is 48.5 Å². The molecule has 0 atom stereocenters. The largest absolute Gasteiger partial charge is 0.355 e. The lowest BCUT2D eigenvalue weighted by atomic mass is 10.0. The van der Waals surface area contributed by atoms with Crippen LogP contribution in [0.15, 0.2) is 127 Å². The first-order chi connectivity index (χ1) is 21.3. The molecule has 2 heteroatoms. The topological polar surface area (TPSA) is 17.0 Å². The van der Waals surface area contributed by atoms with Crippen LogP contribution in [-0.2, 0) is 0 Å². The number of aromatic nitrogens is 1. The fourth-order valence-electron chi connectivity index (χ4n) is 3.75. The average Bonchev–Trinajstić information content (AvgIpc) is 3.40. The lowest BCUT2D eigenvalue weighted by molar-refractivity contribution is 1.18. The summed E-state index contributed by atoms with van der Waals surface area (Å²) in [6, 6.07) is 7.34. The highest BCUT2D eigenvalue weighted by atomic mass is 15.0. The van der Waals surface area contributed by atoms with Crippen LogP contribution in [0, 0.1) is 0 Å². The zero-order valence-electron chi connectivity index (χ0n) is 29.6. The van der Waals surface area contributed by atoms with Crippen LogP contribution in [0.3, 0.4) is 0 Å². The van der Waals surface area contributed by atoms with Gasteiger partial charge in [-0.3, -0.25) is 0 Å². The lowest BCUT2D eigenvalue weighted by Crippen LogP contribution is -1.97. The molecule has 0 fully saturated rings. The van der Waals surface area contributed by atoms with Gasteiger partial charge in [0.2, 0.25) is 0 Å². The third-order valence-corrected chi connectivity index (χ3v) is 5.11. The number of anilines is 2. The standard InChI is InChI=1S/C30H22N2/c1-2-11-22(12-3-1)25-15-4-7-18-28(25)31-23-13-10-14-24(21-23)32-29-19-8-5-16-26(29)27-17-6-9-20-30(27)32/h1-21,31H/i1D,2D,3D,5D,6D,8D,9D,11D,12D,16D,17D,19D,20D. The highest BCUT2D eigenvalue weighted by Gasteiger charge is 2.12. The molecule has 0 saturated carbocycles. The predicted octanol–water partition coefficient (Wildman–Crippen LogP) is 8.19. The number of fused-ring (bicyclic) bond motifs is 3. The Hall–Kier alpha value is -4.30. The van der Waals surface area contributed by atoms with Crippen molar-refractivity contribution in [2.24, 2.45) is 0 Å². The van der Waals surface area contributed by atoms with Crippen molar-refractivity contribution in [3.63, 3.8) is 0 Å². The van der Waals surface area contributed by atoms with Gasteiger partial charge >= 0.3 is 0 Å². The molecule has 0 saturated heterocycles. The Bertz CT molecular complexity index is 2140. The van der Waals surface area contributed by atoms with Gasteiger partial charge < -0.3 is 9.88 Å². The van der Waals surface area contributed by atoms with Crippen molar-refractivity contribution < 1.29 is 17.8 Å². The molecule has 1 aromatic heterocycles. The smallest absolute Gasteiger partial charge is 0.0645 e. The minimum absolute atomic E-state index is 0.00893. The van der Waals surface area contributed by atoms with E-state index < -0.39 is 66.5 Å². The van der Waals surface area contributed by atoms with Crippen LogP contribution in [-0.4, -0.2) is 4.57 Å². The molecule has 0 unspecified atom stereocenters. The Kier molecular flexibility index (Phi) is 2.29. The van der Waals surface area contributed by atoms with E-state index in [0.29, 0.717) is 22.6 Å². The fraction of sp³-hybridized carbons (Fsp3) is 0. The molecule has 32 heavy (non-hydrogen) atoms. The number of rotatable bonds is 4. The normalized spacial score (nSPS) is 16.8. The average molecular weight is 424 g/mol. The molecule has 0 aliphatic heterocycles. The minimum Gasteiger partial charge on any atom is -0.355 e. The number of para-hydroxylation sites is 3. The summed E-state index contributed by atoms with van der Waals surface area (Å²) in [5.74, 6) is 0. The first-order valence-corrected chi connectivity index (χ1v) is 9.82. The summed E-state index contributed by atoms with van der Waals surface area (Å²) in [7, 11) is 0. The summed E-state index contributed by atoms with van der Waals surface area (Å²) in [4.78, 5) is 0. The van der Waals surface area contributed by atoms with Crippen molar-refractivity contribution in [1.29, 1.82) is 0 Å². The zero-order chi connectivity index (χ0) is 32.6. The van der Waals surface area contributed by atoms with Gasteiger partial charge in [-0.05, 0) is 41.9 Å². The second kappa shape index (κ2) is 7.75. The maximum absolute atomic E-state index is 8.72. The Morgan fingerprint density at radius 2 is 1.28 bits per heavy atom. The Morgan fingerprint density at radius 1 is 0.625 bits per heavy atom. The first kappa shape index (κ1) is 9.46. The van der Waals surface area contributed by atoms with Crippen molar-refractivity contribution in [2.75, 3.05) is 5.32 Å². The molecule has 6 aromatic rings. The molecular formula is C30H22N2. The van der Waals surface area contributed by atoms with Gasteiger partial charge in [0, 0.05) is 33.4 Å².